The monoisotopic (exact) mass is 588 g/mol. The zero-order chi connectivity index (χ0) is 29.9. The van der Waals surface area contributed by atoms with E-state index in [1.54, 1.807) is 49.7 Å². The van der Waals surface area contributed by atoms with Crippen LogP contribution in [0.15, 0.2) is 79.0 Å². The van der Waals surface area contributed by atoms with Gasteiger partial charge >= 0.3 is 5.97 Å². The minimum atomic E-state index is -0.906. The van der Waals surface area contributed by atoms with Crippen molar-refractivity contribution in [2.24, 2.45) is 0 Å². The van der Waals surface area contributed by atoms with Crippen LogP contribution in [0.5, 0.6) is 17.4 Å². The van der Waals surface area contributed by atoms with Gasteiger partial charge in [0.05, 0.1) is 20.1 Å². The third-order valence-corrected chi connectivity index (χ3v) is 6.74. The standard InChI is InChI=1S/C33H33ClN2O6/c1-3-41-32-13-6-24(20-36-32)23-5-11-29(30-16-22(17-33(38)39)4-12-31(30)40-2)25(18-23)19-35-15-14-27(37)21-42-28-9-7-26(34)8-10-28/h4-13,16,18,20,35H,3,14-15,17,19,21H2,1-2H3,(H,38,39). The first kappa shape index (κ1) is 30.6. The van der Waals surface area contributed by atoms with Crippen LogP contribution in [0.4, 0.5) is 0 Å². The number of carboxylic acids is 1. The van der Waals surface area contributed by atoms with Crippen molar-refractivity contribution in [1.29, 1.82) is 0 Å². The Morgan fingerprint density at radius 3 is 2.40 bits per heavy atom. The molecule has 0 spiro atoms. The predicted molar refractivity (Wildman–Crippen MR) is 162 cm³/mol. The van der Waals surface area contributed by atoms with E-state index in [1.165, 1.54) is 0 Å². The van der Waals surface area contributed by atoms with E-state index >= 15 is 0 Å². The highest BCUT2D eigenvalue weighted by Crippen LogP contribution is 2.36. The number of aromatic nitrogens is 1. The molecule has 1 aromatic heterocycles. The first-order chi connectivity index (χ1) is 20.4. The summed E-state index contributed by atoms with van der Waals surface area (Å²) in [7, 11) is 1.59. The van der Waals surface area contributed by atoms with Gasteiger partial charge in [0.25, 0.3) is 0 Å². The average Bonchev–Trinajstić information content (AvgIpc) is 2.99. The molecule has 0 fully saturated rings. The van der Waals surface area contributed by atoms with Crippen molar-refractivity contribution in [1.82, 2.24) is 10.3 Å². The molecule has 0 saturated heterocycles. The van der Waals surface area contributed by atoms with E-state index in [1.807, 2.05) is 37.3 Å². The van der Waals surface area contributed by atoms with Crippen LogP contribution >= 0.6 is 11.6 Å². The average molecular weight is 589 g/mol. The topological polar surface area (TPSA) is 107 Å². The van der Waals surface area contributed by atoms with E-state index in [4.69, 9.17) is 25.8 Å². The number of ketones is 1. The van der Waals surface area contributed by atoms with Gasteiger partial charge in [-0.15, -0.1) is 0 Å². The van der Waals surface area contributed by atoms with E-state index < -0.39 is 5.97 Å². The molecule has 0 unspecified atom stereocenters. The van der Waals surface area contributed by atoms with Crippen molar-refractivity contribution < 1.29 is 28.9 Å². The largest absolute Gasteiger partial charge is 0.496 e. The van der Waals surface area contributed by atoms with Crippen LogP contribution in [0.1, 0.15) is 24.5 Å². The van der Waals surface area contributed by atoms with Crippen molar-refractivity contribution in [3.8, 4) is 39.6 Å². The van der Waals surface area contributed by atoms with Crippen LogP contribution in [0.3, 0.4) is 0 Å². The molecule has 9 heteroatoms. The Bertz CT molecular complexity index is 1510. The number of rotatable bonds is 15. The normalized spacial score (nSPS) is 10.7. The minimum Gasteiger partial charge on any atom is -0.496 e. The quantitative estimate of drug-likeness (QED) is 0.157. The second kappa shape index (κ2) is 15.0. The van der Waals surface area contributed by atoms with Gasteiger partial charge in [0.2, 0.25) is 5.88 Å². The second-order valence-corrected chi connectivity index (χ2v) is 9.94. The molecule has 42 heavy (non-hydrogen) atoms. The number of Topliss-reactive ketones (excluding diaryl/α,β-unsaturated/α-hetero) is 1. The number of carboxylic acid groups (broad SMARTS) is 1. The third-order valence-electron chi connectivity index (χ3n) is 6.49. The molecule has 218 valence electrons. The molecule has 2 N–H and O–H groups in total. The van der Waals surface area contributed by atoms with Gasteiger partial charge in [-0.2, -0.15) is 0 Å². The van der Waals surface area contributed by atoms with Gasteiger partial charge in [0.1, 0.15) is 18.1 Å². The summed E-state index contributed by atoms with van der Waals surface area (Å²) < 4.78 is 16.7. The Kier molecular flexibility index (Phi) is 10.9. The van der Waals surface area contributed by atoms with Crippen molar-refractivity contribution in [3.05, 3.63) is 95.1 Å². The molecule has 0 saturated carbocycles. The number of aliphatic carboxylic acids is 1. The lowest BCUT2D eigenvalue weighted by Crippen LogP contribution is -2.21. The van der Waals surface area contributed by atoms with E-state index in [0.717, 1.165) is 27.8 Å². The molecule has 0 amide bonds. The zero-order valence-corrected chi connectivity index (χ0v) is 24.3. The van der Waals surface area contributed by atoms with Crippen LogP contribution in [-0.4, -0.2) is 48.7 Å². The third kappa shape index (κ3) is 8.55. The zero-order valence-electron chi connectivity index (χ0n) is 23.6. The highest BCUT2D eigenvalue weighted by Gasteiger charge is 2.15. The van der Waals surface area contributed by atoms with Gasteiger partial charge < -0.3 is 24.6 Å². The Labute approximate surface area is 250 Å². The fourth-order valence-electron chi connectivity index (χ4n) is 4.43. The van der Waals surface area contributed by atoms with E-state index in [9.17, 15) is 14.7 Å². The molecular formula is C33H33ClN2O6. The predicted octanol–water partition coefficient (Wildman–Crippen LogP) is 6.23. The molecule has 0 bridgehead atoms. The van der Waals surface area contributed by atoms with Crippen LogP contribution < -0.4 is 19.5 Å². The maximum Gasteiger partial charge on any atom is 0.307 e. The molecule has 1 heterocycles. The molecule has 0 radical (unpaired) electrons. The Hall–Kier alpha value is -4.40. The molecule has 0 atom stereocenters. The number of carbonyl (C=O) groups is 2. The number of nitrogens with one attached hydrogen (secondary N) is 1. The van der Waals surface area contributed by atoms with Gasteiger partial charge in [-0.1, -0.05) is 29.8 Å². The van der Waals surface area contributed by atoms with Gasteiger partial charge in [0.15, 0.2) is 5.78 Å². The number of pyridine rings is 1. The molecule has 8 nitrogen and oxygen atoms in total. The summed E-state index contributed by atoms with van der Waals surface area (Å²) in [6.45, 7) is 3.34. The number of halogens is 1. The molecular weight excluding hydrogens is 556 g/mol. The molecule has 0 aliphatic heterocycles. The minimum absolute atomic E-state index is 0.0254. The summed E-state index contributed by atoms with van der Waals surface area (Å²) in [6.07, 6.45) is 1.97. The van der Waals surface area contributed by atoms with Gasteiger partial charge in [0, 0.05) is 47.9 Å². The fourth-order valence-corrected chi connectivity index (χ4v) is 4.56. The highest BCUT2D eigenvalue weighted by molar-refractivity contribution is 6.30. The SMILES string of the molecule is CCOc1ccc(-c2ccc(-c3cc(CC(=O)O)ccc3OC)c(CNCCC(=O)COc3ccc(Cl)cc3)c2)cn1. The summed E-state index contributed by atoms with van der Waals surface area (Å²) >= 11 is 5.90. The van der Waals surface area contributed by atoms with Crippen LogP contribution in [0, 0.1) is 0 Å². The summed E-state index contributed by atoms with van der Waals surface area (Å²) in [6, 6.07) is 22.1. The fraction of sp³-hybridized carbons (Fsp3) is 0.242. The smallest absolute Gasteiger partial charge is 0.307 e. The number of benzene rings is 3. The highest BCUT2D eigenvalue weighted by atomic mass is 35.5. The lowest BCUT2D eigenvalue weighted by Gasteiger charge is -2.17. The van der Waals surface area contributed by atoms with E-state index in [2.05, 4.69) is 16.4 Å². The van der Waals surface area contributed by atoms with Crippen molar-refractivity contribution in [2.45, 2.75) is 26.3 Å². The van der Waals surface area contributed by atoms with Crippen LogP contribution in [0.2, 0.25) is 5.02 Å². The number of hydrogen-bond donors (Lipinski definition) is 2. The van der Waals surface area contributed by atoms with Crippen molar-refractivity contribution in [2.75, 3.05) is 26.9 Å². The number of hydrogen-bond acceptors (Lipinski definition) is 7. The summed E-state index contributed by atoms with van der Waals surface area (Å²) in [5.41, 5.74) is 5.19. The maximum atomic E-state index is 12.4. The summed E-state index contributed by atoms with van der Waals surface area (Å²) in [5.74, 6) is 0.843. The first-order valence-electron chi connectivity index (χ1n) is 13.6. The van der Waals surface area contributed by atoms with Gasteiger partial charge in [-0.05, 0) is 77.7 Å². The summed E-state index contributed by atoms with van der Waals surface area (Å²) in [4.78, 5) is 28.2. The lowest BCUT2D eigenvalue weighted by atomic mass is 9.93. The number of carbonyl (C=O) groups excluding carboxylic acids is 1. The first-order valence-corrected chi connectivity index (χ1v) is 14.0. The Morgan fingerprint density at radius 2 is 1.71 bits per heavy atom. The van der Waals surface area contributed by atoms with Crippen molar-refractivity contribution >= 4 is 23.4 Å². The summed E-state index contributed by atoms with van der Waals surface area (Å²) in [5, 5.41) is 13.3. The second-order valence-electron chi connectivity index (χ2n) is 9.50. The Morgan fingerprint density at radius 1 is 0.929 bits per heavy atom. The van der Waals surface area contributed by atoms with Crippen LogP contribution in [-0.2, 0) is 22.6 Å². The maximum absolute atomic E-state index is 12.4. The lowest BCUT2D eigenvalue weighted by molar-refractivity contribution is -0.136. The molecule has 4 rings (SSSR count). The van der Waals surface area contributed by atoms with Gasteiger partial charge in [-0.25, -0.2) is 4.98 Å². The number of ether oxygens (including phenoxy) is 3. The van der Waals surface area contributed by atoms with Crippen LogP contribution in [0.25, 0.3) is 22.3 Å². The molecule has 3 aromatic carbocycles. The number of methoxy groups -OCH3 is 1. The van der Waals surface area contributed by atoms with E-state index in [-0.39, 0.29) is 18.8 Å². The Balaban J connectivity index is 1.53. The molecule has 0 aliphatic rings. The molecule has 4 aromatic rings. The molecule has 0 aliphatic carbocycles. The van der Waals surface area contributed by atoms with Crippen molar-refractivity contribution in [3.63, 3.8) is 0 Å². The number of nitrogens with zero attached hydrogens (tertiary/aromatic N) is 1. The van der Waals surface area contributed by atoms with Gasteiger partial charge in [-0.3, -0.25) is 9.59 Å². The van der Waals surface area contributed by atoms with E-state index in [0.29, 0.717) is 54.1 Å².